The van der Waals surface area contributed by atoms with Crippen LogP contribution in [0, 0.1) is 5.92 Å². The standard InChI is InChI=1S/C14H16N2O2/c1-2-11(14(17)18)10-12-8-9-16(15-12)13-6-4-3-5-7-13/h3-9,11H,2,10H2,1H3,(H,17,18). The van der Waals surface area contributed by atoms with Crippen LogP contribution in [0.3, 0.4) is 0 Å². The molecule has 1 atom stereocenters. The van der Waals surface area contributed by atoms with Gasteiger partial charge in [0.1, 0.15) is 0 Å². The van der Waals surface area contributed by atoms with Gasteiger partial charge in [0.25, 0.3) is 0 Å². The summed E-state index contributed by atoms with van der Waals surface area (Å²) >= 11 is 0. The molecule has 1 aromatic heterocycles. The van der Waals surface area contributed by atoms with Gasteiger partial charge >= 0.3 is 5.97 Å². The third-order valence-electron chi connectivity index (χ3n) is 2.96. The molecule has 0 spiro atoms. The molecular weight excluding hydrogens is 228 g/mol. The Balaban J connectivity index is 2.14. The van der Waals surface area contributed by atoms with Crippen LogP contribution in [-0.2, 0) is 11.2 Å². The van der Waals surface area contributed by atoms with E-state index in [1.165, 1.54) is 0 Å². The van der Waals surface area contributed by atoms with E-state index in [1.54, 1.807) is 4.68 Å². The molecule has 0 aliphatic rings. The molecule has 18 heavy (non-hydrogen) atoms. The summed E-state index contributed by atoms with van der Waals surface area (Å²) in [5, 5.41) is 13.4. The van der Waals surface area contributed by atoms with Crippen molar-refractivity contribution in [1.82, 2.24) is 9.78 Å². The second-order valence-electron chi connectivity index (χ2n) is 4.23. The van der Waals surface area contributed by atoms with Crippen LogP contribution in [0.5, 0.6) is 0 Å². The Morgan fingerprint density at radius 2 is 2.06 bits per heavy atom. The lowest BCUT2D eigenvalue weighted by Crippen LogP contribution is -2.15. The summed E-state index contributed by atoms with van der Waals surface area (Å²) in [4.78, 5) is 11.0. The lowest BCUT2D eigenvalue weighted by molar-refractivity contribution is -0.141. The Kier molecular flexibility index (Phi) is 3.77. The molecule has 4 heteroatoms. The van der Waals surface area contributed by atoms with Gasteiger partial charge in [-0.1, -0.05) is 25.1 Å². The van der Waals surface area contributed by atoms with Crippen molar-refractivity contribution >= 4 is 5.97 Å². The molecule has 0 amide bonds. The van der Waals surface area contributed by atoms with Gasteiger partial charge in [-0.05, 0) is 24.6 Å². The summed E-state index contributed by atoms with van der Waals surface area (Å²) < 4.78 is 1.77. The maximum absolute atomic E-state index is 11.0. The first kappa shape index (κ1) is 12.4. The Hall–Kier alpha value is -2.10. The molecule has 0 saturated heterocycles. The fourth-order valence-corrected chi connectivity index (χ4v) is 1.85. The first-order chi connectivity index (χ1) is 8.70. The molecule has 0 bridgehead atoms. The van der Waals surface area contributed by atoms with E-state index in [0.717, 1.165) is 11.4 Å². The number of carboxylic acid groups (broad SMARTS) is 1. The van der Waals surface area contributed by atoms with Crippen LogP contribution in [-0.4, -0.2) is 20.9 Å². The Morgan fingerprint density at radius 3 is 2.67 bits per heavy atom. The van der Waals surface area contributed by atoms with Crippen LogP contribution in [0.15, 0.2) is 42.6 Å². The lowest BCUT2D eigenvalue weighted by atomic mass is 10.0. The third-order valence-corrected chi connectivity index (χ3v) is 2.96. The number of rotatable bonds is 5. The minimum atomic E-state index is -0.758. The Labute approximate surface area is 106 Å². The maximum Gasteiger partial charge on any atom is 0.306 e. The third kappa shape index (κ3) is 2.77. The second kappa shape index (κ2) is 5.49. The summed E-state index contributed by atoms with van der Waals surface area (Å²) in [6, 6.07) is 11.6. The number of nitrogens with zero attached hydrogens (tertiary/aromatic N) is 2. The number of benzene rings is 1. The van der Waals surface area contributed by atoms with Gasteiger partial charge in [0.05, 0.1) is 17.3 Å². The van der Waals surface area contributed by atoms with Crippen molar-refractivity contribution < 1.29 is 9.90 Å². The zero-order valence-corrected chi connectivity index (χ0v) is 10.3. The van der Waals surface area contributed by atoms with Gasteiger partial charge in [-0.25, -0.2) is 4.68 Å². The van der Waals surface area contributed by atoms with Crippen molar-refractivity contribution in [2.45, 2.75) is 19.8 Å². The predicted molar refractivity (Wildman–Crippen MR) is 68.7 cm³/mol. The van der Waals surface area contributed by atoms with Crippen molar-refractivity contribution in [1.29, 1.82) is 0 Å². The highest BCUT2D eigenvalue weighted by Crippen LogP contribution is 2.13. The molecule has 94 valence electrons. The quantitative estimate of drug-likeness (QED) is 0.879. The molecule has 0 aliphatic carbocycles. The largest absolute Gasteiger partial charge is 0.481 e. The van der Waals surface area contributed by atoms with Gasteiger partial charge < -0.3 is 5.11 Å². The molecule has 4 nitrogen and oxygen atoms in total. The van der Waals surface area contributed by atoms with Crippen LogP contribution in [0.25, 0.3) is 5.69 Å². The monoisotopic (exact) mass is 244 g/mol. The molecule has 1 unspecified atom stereocenters. The number of aromatic nitrogens is 2. The van der Waals surface area contributed by atoms with Crippen LogP contribution in [0.4, 0.5) is 0 Å². The summed E-state index contributed by atoms with van der Waals surface area (Å²) in [6.07, 6.45) is 2.96. The van der Waals surface area contributed by atoms with E-state index >= 15 is 0 Å². The molecule has 2 aromatic rings. The van der Waals surface area contributed by atoms with E-state index in [2.05, 4.69) is 5.10 Å². The summed E-state index contributed by atoms with van der Waals surface area (Å²) in [5.74, 6) is -1.11. The van der Waals surface area contributed by atoms with Crippen LogP contribution in [0.2, 0.25) is 0 Å². The zero-order valence-electron chi connectivity index (χ0n) is 10.3. The molecule has 1 aromatic carbocycles. The number of carboxylic acids is 1. The first-order valence-electron chi connectivity index (χ1n) is 6.03. The minimum absolute atomic E-state index is 0.357. The zero-order chi connectivity index (χ0) is 13.0. The van der Waals surface area contributed by atoms with Gasteiger partial charge in [0.15, 0.2) is 0 Å². The molecule has 0 saturated carbocycles. The number of hydrogen-bond donors (Lipinski definition) is 1. The van der Waals surface area contributed by atoms with Gasteiger partial charge in [-0.2, -0.15) is 5.10 Å². The Morgan fingerprint density at radius 1 is 1.33 bits per heavy atom. The molecule has 0 fully saturated rings. The van der Waals surface area contributed by atoms with E-state index in [4.69, 9.17) is 5.11 Å². The smallest absolute Gasteiger partial charge is 0.306 e. The van der Waals surface area contributed by atoms with Crippen molar-refractivity contribution in [2.24, 2.45) is 5.92 Å². The van der Waals surface area contributed by atoms with E-state index in [0.29, 0.717) is 12.8 Å². The van der Waals surface area contributed by atoms with Crippen molar-refractivity contribution in [3.05, 3.63) is 48.3 Å². The number of hydrogen-bond acceptors (Lipinski definition) is 2. The highest BCUT2D eigenvalue weighted by molar-refractivity contribution is 5.70. The minimum Gasteiger partial charge on any atom is -0.481 e. The van der Waals surface area contributed by atoms with E-state index in [1.807, 2.05) is 49.5 Å². The number of carbonyl (C=O) groups is 1. The highest BCUT2D eigenvalue weighted by atomic mass is 16.4. The van der Waals surface area contributed by atoms with Gasteiger partial charge in [0.2, 0.25) is 0 Å². The summed E-state index contributed by atoms with van der Waals surface area (Å²) in [7, 11) is 0. The summed E-state index contributed by atoms with van der Waals surface area (Å²) in [5.41, 5.74) is 1.79. The molecule has 1 heterocycles. The van der Waals surface area contributed by atoms with Crippen molar-refractivity contribution in [3.8, 4) is 5.69 Å². The normalized spacial score (nSPS) is 12.3. The van der Waals surface area contributed by atoms with Gasteiger partial charge in [0, 0.05) is 12.6 Å². The summed E-state index contributed by atoms with van der Waals surface area (Å²) in [6.45, 7) is 1.88. The Bertz CT molecular complexity index is 520. The topological polar surface area (TPSA) is 55.1 Å². The van der Waals surface area contributed by atoms with E-state index in [9.17, 15) is 4.79 Å². The van der Waals surface area contributed by atoms with Crippen LogP contribution >= 0.6 is 0 Å². The lowest BCUT2D eigenvalue weighted by Gasteiger charge is -2.06. The maximum atomic E-state index is 11.0. The fraction of sp³-hybridized carbons (Fsp3) is 0.286. The average molecular weight is 244 g/mol. The first-order valence-corrected chi connectivity index (χ1v) is 6.03. The van der Waals surface area contributed by atoms with Crippen LogP contribution < -0.4 is 0 Å². The highest BCUT2D eigenvalue weighted by Gasteiger charge is 2.16. The second-order valence-corrected chi connectivity index (χ2v) is 4.23. The van der Waals surface area contributed by atoms with Crippen molar-refractivity contribution in [3.63, 3.8) is 0 Å². The van der Waals surface area contributed by atoms with Crippen molar-refractivity contribution in [2.75, 3.05) is 0 Å². The van der Waals surface area contributed by atoms with E-state index in [-0.39, 0.29) is 5.92 Å². The molecular formula is C14H16N2O2. The van der Waals surface area contributed by atoms with Crippen LogP contribution in [0.1, 0.15) is 19.0 Å². The van der Waals surface area contributed by atoms with E-state index < -0.39 is 5.97 Å². The average Bonchev–Trinajstić information content (AvgIpc) is 2.85. The predicted octanol–water partition coefficient (Wildman–Crippen LogP) is 2.53. The molecule has 0 radical (unpaired) electrons. The molecule has 2 rings (SSSR count). The van der Waals surface area contributed by atoms with Gasteiger partial charge in [-0.15, -0.1) is 0 Å². The van der Waals surface area contributed by atoms with Gasteiger partial charge in [-0.3, -0.25) is 4.79 Å². The molecule has 0 aliphatic heterocycles. The SMILES string of the molecule is CCC(Cc1ccn(-c2ccccc2)n1)C(=O)O. The number of para-hydroxylation sites is 1. The molecule has 1 N–H and O–H groups in total. The fourth-order valence-electron chi connectivity index (χ4n) is 1.85. The number of aliphatic carboxylic acids is 1.